The van der Waals surface area contributed by atoms with Crippen molar-refractivity contribution in [1.29, 1.82) is 0 Å². The molecule has 5 rings (SSSR count). The molecule has 0 spiro atoms. The van der Waals surface area contributed by atoms with Crippen LogP contribution in [0.25, 0.3) is 10.9 Å². The maximum Gasteiger partial charge on any atom is 0.269 e. The average Bonchev–Trinajstić information content (AvgIpc) is 3.32. The third-order valence-electron chi connectivity index (χ3n) is 6.69. The number of fused-ring (bicyclic) bond motifs is 2. The standard InChI is InChI=1S/C23H22ClFN6O4/c1-11(13-3-2-4-15(24)20(13)25)27-23(34)17-8-12-7-16(12)31(17)19(32)10-30-18-9-29(35)6-5-14(18)21(28-30)22(26)33/h2-6,9,11-12,16-17H,7-8,10H2,1H3,(H2,26,33)(H,27,34)/t11?,12-,16-,17+/m1/s1. The SMILES string of the molecule is CC(NC(=O)[C@@H]1C[C@H]2C[C@H]2N1C(=O)Cn1nc(C(N)=O)c2cc[n+]([O-])cc21)c1cccc(Cl)c1F. The first-order valence-electron chi connectivity index (χ1n) is 11.1. The van der Waals surface area contributed by atoms with Gasteiger partial charge < -0.3 is 21.2 Å². The third-order valence-corrected chi connectivity index (χ3v) is 6.98. The van der Waals surface area contributed by atoms with Crippen LogP contribution in [-0.4, -0.2) is 44.5 Å². The Morgan fingerprint density at radius 2 is 2.11 bits per heavy atom. The van der Waals surface area contributed by atoms with Gasteiger partial charge in [-0.05, 0) is 31.7 Å². The highest BCUT2D eigenvalue weighted by molar-refractivity contribution is 6.30. The molecule has 182 valence electrons. The Hall–Kier alpha value is -3.73. The minimum absolute atomic E-state index is 0.0382. The Morgan fingerprint density at radius 3 is 2.86 bits per heavy atom. The van der Waals surface area contributed by atoms with Crippen LogP contribution in [0.4, 0.5) is 4.39 Å². The molecule has 2 fully saturated rings. The van der Waals surface area contributed by atoms with E-state index >= 15 is 0 Å². The van der Waals surface area contributed by atoms with Crippen molar-refractivity contribution in [3.05, 3.63) is 64.0 Å². The van der Waals surface area contributed by atoms with Crippen molar-refractivity contribution < 1.29 is 23.5 Å². The molecule has 3 N–H and O–H groups in total. The van der Waals surface area contributed by atoms with Gasteiger partial charge in [-0.3, -0.25) is 14.4 Å². The number of carbonyl (C=O) groups is 3. The predicted octanol–water partition coefficient (Wildman–Crippen LogP) is 1.43. The highest BCUT2D eigenvalue weighted by Gasteiger charge is 2.56. The van der Waals surface area contributed by atoms with Gasteiger partial charge in [0.1, 0.15) is 23.9 Å². The zero-order chi connectivity index (χ0) is 25.0. The van der Waals surface area contributed by atoms with Gasteiger partial charge in [0.05, 0.1) is 11.1 Å². The predicted molar refractivity (Wildman–Crippen MR) is 122 cm³/mol. The topological polar surface area (TPSA) is 137 Å². The number of primary amides is 1. The number of hydrogen-bond acceptors (Lipinski definition) is 5. The first kappa shape index (κ1) is 23.0. The number of halogens is 2. The van der Waals surface area contributed by atoms with Gasteiger partial charge in [-0.1, -0.05) is 23.7 Å². The Balaban J connectivity index is 1.36. The van der Waals surface area contributed by atoms with Gasteiger partial charge in [-0.15, -0.1) is 0 Å². The molecule has 2 aliphatic rings. The van der Waals surface area contributed by atoms with Crippen molar-refractivity contribution in [2.24, 2.45) is 11.7 Å². The second-order valence-corrected chi connectivity index (χ2v) is 9.37. The molecular formula is C23H22ClFN6O4. The van der Waals surface area contributed by atoms with Gasteiger partial charge in [0, 0.05) is 23.1 Å². The number of rotatable bonds is 6. The quantitative estimate of drug-likeness (QED) is 0.389. The van der Waals surface area contributed by atoms with Gasteiger partial charge in [-0.25, -0.2) is 9.07 Å². The highest BCUT2D eigenvalue weighted by atomic mass is 35.5. The van der Waals surface area contributed by atoms with E-state index in [2.05, 4.69) is 10.4 Å². The number of carbonyl (C=O) groups excluding carboxylic acids is 3. The summed E-state index contributed by atoms with van der Waals surface area (Å²) < 4.78 is 16.2. The normalized spacial score (nSPS) is 21.6. The molecule has 2 aromatic heterocycles. The lowest BCUT2D eigenvalue weighted by atomic mass is 10.1. The van der Waals surface area contributed by atoms with Crippen molar-refractivity contribution in [3.8, 4) is 0 Å². The molecule has 1 saturated carbocycles. The van der Waals surface area contributed by atoms with Crippen molar-refractivity contribution >= 4 is 40.2 Å². The van der Waals surface area contributed by atoms with Crippen molar-refractivity contribution in [2.45, 2.75) is 44.4 Å². The van der Waals surface area contributed by atoms with Crippen LogP contribution < -0.4 is 15.8 Å². The fraction of sp³-hybridized carbons (Fsp3) is 0.348. The first-order chi connectivity index (χ1) is 16.7. The minimum atomic E-state index is -0.784. The zero-order valence-electron chi connectivity index (χ0n) is 18.6. The van der Waals surface area contributed by atoms with Crippen LogP contribution in [0, 0.1) is 16.9 Å². The smallest absolute Gasteiger partial charge is 0.269 e. The molecule has 1 aliphatic heterocycles. The Labute approximate surface area is 204 Å². The van der Waals surface area contributed by atoms with Gasteiger partial charge in [0.2, 0.25) is 18.0 Å². The monoisotopic (exact) mass is 500 g/mol. The van der Waals surface area contributed by atoms with Gasteiger partial charge in [0.15, 0.2) is 11.9 Å². The Kier molecular flexibility index (Phi) is 5.59. The minimum Gasteiger partial charge on any atom is -0.619 e. The maximum absolute atomic E-state index is 14.4. The number of benzene rings is 1. The molecule has 1 unspecified atom stereocenters. The first-order valence-corrected chi connectivity index (χ1v) is 11.5. The Morgan fingerprint density at radius 1 is 1.34 bits per heavy atom. The van der Waals surface area contributed by atoms with Crippen molar-refractivity contribution in [2.75, 3.05) is 0 Å². The number of aromatic nitrogens is 3. The lowest BCUT2D eigenvalue weighted by molar-refractivity contribution is -0.604. The Bertz CT molecular complexity index is 1380. The van der Waals surface area contributed by atoms with E-state index in [-0.39, 0.29) is 46.2 Å². The highest BCUT2D eigenvalue weighted by Crippen LogP contribution is 2.48. The van der Waals surface area contributed by atoms with Crippen LogP contribution in [0.1, 0.15) is 41.9 Å². The van der Waals surface area contributed by atoms with Crippen LogP contribution in [0.15, 0.2) is 36.7 Å². The van der Waals surface area contributed by atoms with Crippen molar-refractivity contribution in [1.82, 2.24) is 20.0 Å². The fourth-order valence-electron chi connectivity index (χ4n) is 4.90. The molecule has 1 saturated heterocycles. The summed E-state index contributed by atoms with van der Waals surface area (Å²) in [7, 11) is 0. The summed E-state index contributed by atoms with van der Waals surface area (Å²) in [6.07, 6.45) is 3.71. The summed E-state index contributed by atoms with van der Waals surface area (Å²) in [5.41, 5.74) is 5.89. The van der Waals surface area contributed by atoms with Crippen LogP contribution in [-0.2, 0) is 16.1 Å². The molecular weight excluding hydrogens is 479 g/mol. The number of amides is 3. The second kappa shape index (κ2) is 8.49. The largest absolute Gasteiger partial charge is 0.619 e. The van der Waals surface area contributed by atoms with E-state index in [1.807, 2.05) is 0 Å². The summed E-state index contributed by atoms with van der Waals surface area (Å²) >= 11 is 5.86. The molecule has 12 heteroatoms. The number of likely N-dealkylation sites (tertiary alicyclic amines) is 1. The lowest BCUT2D eigenvalue weighted by Gasteiger charge is -2.28. The van der Waals surface area contributed by atoms with Gasteiger partial charge in [-0.2, -0.15) is 9.83 Å². The molecule has 0 radical (unpaired) electrons. The van der Waals surface area contributed by atoms with Crippen LogP contribution in [0.2, 0.25) is 5.02 Å². The van der Waals surface area contributed by atoms with Gasteiger partial charge >= 0.3 is 0 Å². The van der Waals surface area contributed by atoms with Gasteiger partial charge in [0.25, 0.3) is 5.91 Å². The molecule has 1 aliphatic carbocycles. The molecule has 10 nitrogen and oxygen atoms in total. The average molecular weight is 501 g/mol. The summed E-state index contributed by atoms with van der Waals surface area (Å²) in [6, 6.07) is 4.53. The van der Waals surface area contributed by atoms with Crippen LogP contribution in [0.3, 0.4) is 0 Å². The third kappa shape index (κ3) is 4.05. The second-order valence-electron chi connectivity index (χ2n) is 8.96. The summed E-state index contributed by atoms with van der Waals surface area (Å²) in [4.78, 5) is 39.8. The molecule has 3 aromatic rings. The van der Waals surface area contributed by atoms with E-state index in [9.17, 15) is 24.0 Å². The number of pyridine rings is 1. The molecule has 4 atom stereocenters. The number of nitrogens with zero attached hydrogens (tertiary/aromatic N) is 4. The maximum atomic E-state index is 14.4. The lowest BCUT2D eigenvalue weighted by Crippen LogP contribution is -2.49. The molecule has 35 heavy (non-hydrogen) atoms. The molecule has 1 aromatic carbocycles. The summed E-state index contributed by atoms with van der Waals surface area (Å²) in [6.45, 7) is 1.37. The molecule has 3 amide bonds. The van der Waals surface area contributed by atoms with Crippen molar-refractivity contribution in [3.63, 3.8) is 0 Å². The van der Waals surface area contributed by atoms with E-state index in [0.717, 1.165) is 6.42 Å². The molecule has 0 bridgehead atoms. The number of piperidine rings is 1. The zero-order valence-corrected chi connectivity index (χ0v) is 19.4. The van der Waals surface area contributed by atoms with Crippen LogP contribution in [0.5, 0.6) is 0 Å². The van der Waals surface area contributed by atoms with Crippen LogP contribution >= 0.6 is 11.6 Å². The van der Waals surface area contributed by atoms with E-state index in [4.69, 9.17) is 17.3 Å². The molecule has 3 heterocycles. The number of nitrogens with two attached hydrogens (primary N) is 1. The van der Waals surface area contributed by atoms with E-state index in [0.29, 0.717) is 16.5 Å². The summed E-state index contributed by atoms with van der Waals surface area (Å²) in [5.74, 6) is -1.94. The fourth-order valence-corrected chi connectivity index (χ4v) is 5.09. The van der Waals surface area contributed by atoms with E-state index in [1.54, 1.807) is 19.1 Å². The van der Waals surface area contributed by atoms with E-state index < -0.39 is 29.7 Å². The summed E-state index contributed by atoms with van der Waals surface area (Å²) in [5, 5.41) is 19.1. The number of nitrogens with one attached hydrogen (secondary N) is 1. The van der Waals surface area contributed by atoms with E-state index in [1.165, 1.54) is 34.1 Å². The number of hydrogen-bond donors (Lipinski definition) is 2.